The van der Waals surface area contributed by atoms with Crippen LogP contribution in [0.15, 0.2) is 47.5 Å². The van der Waals surface area contributed by atoms with Crippen molar-refractivity contribution in [2.45, 2.75) is 0 Å². The van der Waals surface area contributed by atoms with Crippen LogP contribution in [0.3, 0.4) is 0 Å². The number of aliphatic imine (C=N–C) groups is 1. The van der Waals surface area contributed by atoms with Crippen LogP contribution in [0.5, 0.6) is 5.75 Å². The molecule has 0 atom stereocenters. The van der Waals surface area contributed by atoms with Crippen LogP contribution in [-0.2, 0) is 0 Å². The minimum atomic E-state index is -0.263. The zero-order valence-corrected chi connectivity index (χ0v) is 9.56. The van der Waals surface area contributed by atoms with Crippen LogP contribution in [0.25, 0.3) is 0 Å². The predicted octanol–water partition coefficient (Wildman–Crippen LogP) is 2.92. The molecule has 0 fully saturated rings. The van der Waals surface area contributed by atoms with Crippen molar-refractivity contribution in [2.75, 3.05) is 12.3 Å². The minimum Gasteiger partial charge on any atom is -0.485 e. The van der Waals surface area contributed by atoms with Gasteiger partial charge in [-0.15, -0.1) is 0 Å². The number of rotatable bonds is 1. The average molecular weight is 242 g/mol. The fraction of sp³-hybridized carbons (Fsp3) is 0.0714. The average Bonchev–Trinajstić information content (AvgIpc) is 2.38. The summed E-state index contributed by atoms with van der Waals surface area (Å²) >= 11 is 0. The van der Waals surface area contributed by atoms with Crippen molar-refractivity contribution in [1.29, 1.82) is 0 Å². The molecule has 3 nitrogen and oxygen atoms in total. The third kappa shape index (κ3) is 1.93. The predicted molar refractivity (Wildman–Crippen MR) is 68.9 cm³/mol. The Balaban J connectivity index is 2.02. The second kappa shape index (κ2) is 4.14. The number of nitrogens with two attached hydrogens (primary N) is 1. The van der Waals surface area contributed by atoms with Crippen LogP contribution >= 0.6 is 0 Å². The normalized spacial score (nSPS) is 13.5. The van der Waals surface area contributed by atoms with E-state index in [0.717, 1.165) is 17.0 Å². The molecule has 0 amide bonds. The van der Waals surface area contributed by atoms with Crippen LogP contribution in [0, 0.1) is 5.82 Å². The van der Waals surface area contributed by atoms with Crippen molar-refractivity contribution in [3.63, 3.8) is 0 Å². The summed E-state index contributed by atoms with van der Waals surface area (Å²) in [7, 11) is 0. The van der Waals surface area contributed by atoms with Crippen molar-refractivity contribution in [3.8, 4) is 5.75 Å². The largest absolute Gasteiger partial charge is 0.485 e. The molecular weight excluding hydrogens is 231 g/mol. The Morgan fingerprint density at radius 3 is 2.67 bits per heavy atom. The Morgan fingerprint density at radius 1 is 1.11 bits per heavy atom. The SMILES string of the molecule is Nc1ccc2c(c1)N=C(c1ccc(F)cc1)CO2. The number of benzene rings is 2. The van der Waals surface area contributed by atoms with Gasteiger partial charge >= 0.3 is 0 Å². The number of nitrogen functional groups attached to an aromatic ring is 1. The second-order valence-electron chi connectivity index (χ2n) is 4.08. The molecule has 0 saturated heterocycles. The Kier molecular flexibility index (Phi) is 2.48. The molecule has 0 unspecified atom stereocenters. The lowest BCUT2D eigenvalue weighted by Gasteiger charge is -2.17. The quantitative estimate of drug-likeness (QED) is 0.781. The van der Waals surface area contributed by atoms with Gasteiger partial charge in [-0.05, 0) is 35.9 Å². The van der Waals surface area contributed by atoms with Gasteiger partial charge in [-0.3, -0.25) is 0 Å². The van der Waals surface area contributed by atoms with Gasteiger partial charge in [0.25, 0.3) is 0 Å². The van der Waals surface area contributed by atoms with Gasteiger partial charge in [0.15, 0.2) is 0 Å². The Bertz CT molecular complexity index is 620. The first kappa shape index (κ1) is 10.8. The third-order valence-corrected chi connectivity index (χ3v) is 2.78. The van der Waals surface area contributed by atoms with E-state index in [1.54, 1.807) is 30.3 Å². The van der Waals surface area contributed by atoms with E-state index < -0.39 is 0 Å². The number of hydrogen-bond acceptors (Lipinski definition) is 3. The van der Waals surface area contributed by atoms with Crippen LogP contribution in [0.4, 0.5) is 15.8 Å². The van der Waals surface area contributed by atoms with Gasteiger partial charge in [0, 0.05) is 5.69 Å². The van der Waals surface area contributed by atoms with Crippen LogP contribution < -0.4 is 10.5 Å². The number of halogens is 1. The van der Waals surface area contributed by atoms with Crippen molar-refractivity contribution in [2.24, 2.45) is 4.99 Å². The van der Waals surface area contributed by atoms with Crippen molar-refractivity contribution < 1.29 is 9.13 Å². The number of anilines is 1. The number of ether oxygens (including phenoxy) is 1. The summed E-state index contributed by atoms with van der Waals surface area (Å²) < 4.78 is 18.5. The third-order valence-electron chi connectivity index (χ3n) is 2.78. The van der Waals surface area contributed by atoms with Gasteiger partial charge < -0.3 is 10.5 Å². The zero-order valence-electron chi connectivity index (χ0n) is 9.56. The number of nitrogens with zero attached hydrogens (tertiary/aromatic N) is 1. The van der Waals surface area contributed by atoms with Crippen LogP contribution in [0.2, 0.25) is 0 Å². The Morgan fingerprint density at radius 2 is 1.89 bits per heavy atom. The molecule has 0 spiro atoms. The van der Waals surface area contributed by atoms with Crippen molar-refractivity contribution in [3.05, 3.63) is 53.8 Å². The summed E-state index contributed by atoms with van der Waals surface area (Å²) in [6.45, 7) is 0.378. The van der Waals surface area contributed by atoms with E-state index in [9.17, 15) is 4.39 Å². The van der Waals surface area contributed by atoms with Crippen LogP contribution in [-0.4, -0.2) is 12.3 Å². The molecule has 1 aliphatic rings. The second-order valence-corrected chi connectivity index (χ2v) is 4.08. The van der Waals surface area contributed by atoms with Gasteiger partial charge in [0.1, 0.15) is 23.9 Å². The molecule has 1 aliphatic heterocycles. The summed E-state index contributed by atoms with van der Waals surface area (Å²) in [5.74, 6) is 0.454. The highest BCUT2D eigenvalue weighted by molar-refractivity contribution is 6.04. The van der Waals surface area contributed by atoms with E-state index in [4.69, 9.17) is 10.5 Å². The molecule has 2 aromatic rings. The monoisotopic (exact) mass is 242 g/mol. The first-order chi connectivity index (χ1) is 8.72. The lowest BCUT2D eigenvalue weighted by molar-refractivity contribution is 0.373. The molecule has 18 heavy (non-hydrogen) atoms. The molecule has 90 valence electrons. The molecule has 2 aromatic carbocycles. The highest BCUT2D eigenvalue weighted by Gasteiger charge is 2.14. The lowest BCUT2D eigenvalue weighted by atomic mass is 10.1. The van der Waals surface area contributed by atoms with E-state index >= 15 is 0 Å². The van der Waals surface area contributed by atoms with E-state index in [1.165, 1.54) is 12.1 Å². The molecule has 0 aromatic heterocycles. The number of fused-ring (bicyclic) bond motifs is 1. The molecule has 0 saturated carbocycles. The minimum absolute atomic E-state index is 0.263. The standard InChI is InChI=1S/C14H11FN2O/c15-10-3-1-9(2-4-10)13-8-18-14-6-5-11(16)7-12(14)17-13/h1-7H,8,16H2. The fourth-order valence-electron chi connectivity index (χ4n) is 1.86. The van der Waals surface area contributed by atoms with Gasteiger partial charge in [0.2, 0.25) is 0 Å². The van der Waals surface area contributed by atoms with E-state index in [-0.39, 0.29) is 5.82 Å². The molecule has 4 heteroatoms. The molecule has 0 radical (unpaired) electrons. The fourth-order valence-corrected chi connectivity index (χ4v) is 1.86. The van der Waals surface area contributed by atoms with Gasteiger partial charge in [-0.25, -0.2) is 9.38 Å². The molecule has 2 N–H and O–H groups in total. The summed E-state index contributed by atoms with van der Waals surface area (Å²) in [5.41, 5.74) is 8.68. The summed E-state index contributed by atoms with van der Waals surface area (Å²) in [6.07, 6.45) is 0. The molecular formula is C14H11FN2O. The van der Waals surface area contributed by atoms with Crippen LogP contribution in [0.1, 0.15) is 5.56 Å². The number of hydrogen-bond donors (Lipinski definition) is 1. The summed E-state index contributed by atoms with van der Waals surface area (Å²) in [6, 6.07) is 11.5. The van der Waals surface area contributed by atoms with E-state index in [2.05, 4.69) is 4.99 Å². The molecule has 0 bridgehead atoms. The maximum atomic E-state index is 12.9. The van der Waals surface area contributed by atoms with Crippen molar-refractivity contribution >= 4 is 17.1 Å². The van der Waals surface area contributed by atoms with Gasteiger partial charge in [-0.1, -0.05) is 12.1 Å². The van der Waals surface area contributed by atoms with E-state index in [1.807, 2.05) is 0 Å². The van der Waals surface area contributed by atoms with Crippen molar-refractivity contribution in [1.82, 2.24) is 0 Å². The van der Waals surface area contributed by atoms with E-state index in [0.29, 0.717) is 18.0 Å². The smallest absolute Gasteiger partial charge is 0.145 e. The first-order valence-corrected chi connectivity index (χ1v) is 5.58. The topological polar surface area (TPSA) is 47.6 Å². The Labute approximate surface area is 104 Å². The summed E-state index contributed by atoms with van der Waals surface area (Å²) in [4.78, 5) is 4.50. The zero-order chi connectivity index (χ0) is 12.5. The maximum absolute atomic E-state index is 12.9. The molecule has 1 heterocycles. The highest BCUT2D eigenvalue weighted by atomic mass is 19.1. The first-order valence-electron chi connectivity index (χ1n) is 5.58. The maximum Gasteiger partial charge on any atom is 0.145 e. The van der Waals surface area contributed by atoms with Gasteiger partial charge in [0.05, 0.1) is 5.71 Å². The summed E-state index contributed by atoms with van der Waals surface area (Å²) in [5, 5.41) is 0. The molecule has 3 rings (SSSR count). The van der Waals surface area contributed by atoms with Gasteiger partial charge in [-0.2, -0.15) is 0 Å². The molecule has 0 aliphatic carbocycles. The highest BCUT2D eigenvalue weighted by Crippen LogP contribution is 2.33. The lowest BCUT2D eigenvalue weighted by Crippen LogP contribution is -2.16. The Hall–Kier alpha value is -2.36.